The quantitative estimate of drug-likeness (QED) is 0.888. The fraction of sp³-hybridized carbons (Fsp3) is 0.357. The van der Waals surface area contributed by atoms with Crippen LogP contribution in [0.3, 0.4) is 0 Å². The van der Waals surface area contributed by atoms with Crippen LogP contribution in [0.25, 0.3) is 11.1 Å². The molecule has 2 heterocycles. The number of H-pyrrole nitrogens is 1. The average Bonchev–Trinajstić information content (AvgIpc) is 3.07. The summed E-state index contributed by atoms with van der Waals surface area (Å²) in [6, 6.07) is 7.80. The van der Waals surface area contributed by atoms with E-state index in [-0.39, 0.29) is 6.10 Å². The van der Waals surface area contributed by atoms with Crippen LogP contribution >= 0.6 is 0 Å². The summed E-state index contributed by atoms with van der Waals surface area (Å²) in [5.74, 6) is 1.27. The predicted molar refractivity (Wildman–Crippen MR) is 72.9 cm³/mol. The van der Waals surface area contributed by atoms with Crippen LogP contribution in [0.4, 0.5) is 5.82 Å². The molecule has 100 valence electrons. The molecule has 2 aromatic rings. The van der Waals surface area contributed by atoms with Gasteiger partial charge in [-0.05, 0) is 18.9 Å². The Hall–Kier alpha value is -2.01. The average molecular weight is 259 g/mol. The summed E-state index contributed by atoms with van der Waals surface area (Å²) >= 11 is 0. The molecule has 3 rings (SSSR count). The van der Waals surface area contributed by atoms with Crippen LogP contribution < -0.4 is 10.5 Å². The number of anilines is 1. The van der Waals surface area contributed by atoms with Gasteiger partial charge in [0.05, 0.1) is 24.5 Å². The zero-order valence-electron chi connectivity index (χ0n) is 10.8. The van der Waals surface area contributed by atoms with Crippen molar-refractivity contribution in [3.8, 4) is 16.9 Å². The fourth-order valence-corrected chi connectivity index (χ4v) is 2.54. The molecule has 1 aromatic heterocycles. The van der Waals surface area contributed by atoms with E-state index in [1.165, 1.54) is 0 Å². The van der Waals surface area contributed by atoms with Gasteiger partial charge in [0.2, 0.25) is 0 Å². The molecule has 0 aliphatic carbocycles. The molecule has 0 bridgehead atoms. The van der Waals surface area contributed by atoms with Crippen LogP contribution in [-0.2, 0) is 4.74 Å². The van der Waals surface area contributed by atoms with Crippen LogP contribution in [0.5, 0.6) is 5.75 Å². The molecule has 1 fully saturated rings. The number of ether oxygens (including phenoxy) is 2. The molecule has 1 atom stereocenters. The highest BCUT2D eigenvalue weighted by Gasteiger charge is 2.26. The van der Waals surface area contributed by atoms with Gasteiger partial charge in [-0.15, -0.1) is 0 Å². The maximum absolute atomic E-state index is 6.01. The van der Waals surface area contributed by atoms with Crippen molar-refractivity contribution in [3.63, 3.8) is 0 Å². The summed E-state index contributed by atoms with van der Waals surface area (Å²) in [5.41, 5.74) is 8.79. The van der Waals surface area contributed by atoms with Crippen molar-refractivity contribution in [2.45, 2.75) is 18.9 Å². The Labute approximate surface area is 111 Å². The molecule has 1 saturated heterocycles. The maximum Gasteiger partial charge on any atom is 0.153 e. The third kappa shape index (κ3) is 2.06. The molecule has 3 N–H and O–H groups in total. The molecule has 1 aromatic carbocycles. The van der Waals surface area contributed by atoms with Gasteiger partial charge in [-0.3, -0.25) is 5.10 Å². The Morgan fingerprint density at radius 1 is 1.42 bits per heavy atom. The van der Waals surface area contributed by atoms with Gasteiger partial charge in [0, 0.05) is 12.2 Å². The summed E-state index contributed by atoms with van der Waals surface area (Å²) in [6.45, 7) is 0.787. The van der Waals surface area contributed by atoms with E-state index in [1.54, 1.807) is 7.11 Å². The number of aromatic nitrogens is 2. The van der Waals surface area contributed by atoms with E-state index in [9.17, 15) is 0 Å². The van der Waals surface area contributed by atoms with Crippen molar-refractivity contribution in [1.82, 2.24) is 10.2 Å². The highest BCUT2D eigenvalue weighted by molar-refractivity contribution is 5.80. The first kappa shape index (κ1) is 12.0. The zero-order valence-corrected chi connectivity index (χ0v) is 10.8. The molecule has 1 aliphatic heterocycles. The lowest BCUT2D eigenvalue weighted by molar-refractivity contribution is 0.109. The second kappa shape index (κ2) is 4.93. The topological polar surface area (TPSA) is 73.2 Å². The lowest BCUT2D eigenvalue weighted by Crippen LogP contribution is -2.00. The second-order valence-electron chi connectivity index (χ2n) is 4.60. The first-order valence-electron chi connectivity index (χ1n) is 6.40. The molecule has 0 amide bonds. The van der Waals surface area contributed by atoms with Gasteiger partial charge in [-0.1, -0.05) is 18.2 Å². The summed E-state index contributed by atoms with van der Waals surface area (Å²) in [7, 11) is 1.65. The SMILES string of the molecule is COc1ccccc1-c1c(N)n[nH]c1C1CCCO1. The lowest BCUT2D eigenvalue weighted by atomic mass is 10.0. The molecule has 5 nitrogen and oxygen atoms in total. The number of nitrogens with one attached hydrogen (secondary N) is 1. The normalized spacial score (nSPS) is 18.7. The first-order chi connectivity index (χ1) is 9.31. The number of nitrogens with two attached hydrogens (primary N) is 1. The highest BCUT2D eigenvalue weighted by Crippen LogP contribution is 2.40. The van der Waals surface area contributed by atoms with Crippen molar-refractivity contribution in [3.05, 3.63) is 30.0 Å². The minimum atomic E-state index is 0.0460. The molecule has 0 saturated carbocycles. The van der Waals surface area contributed by atoms with Crippen LogP contribution in [0.2, 0.25) is 0 Å². The van der Waals surface area contributed by atoms with E-state index >= 15 is 0 Å². The van der Waals surface area contributed by atoms with Gasteiger partial charge in [0.25, 0.3) is 0 Å². The van der Waals surface area contributed by atoms with Crippen LogP contribution in [0.15, 0.2) is 24.3 Å². The first-order valence-corrected chi connectivity index (χ1v) is 6.40. The zero-order chi connectivity index (χ0) is 13.2. The summed E-state index contributed by atoms with van der Waals surface area (Å²) in [6.07, 6.45) is 2.10. The van der Waals surface area contributed by atoms with Crippen LogP contribution in [-0.4, -0.2) is 23.9 Å². The van der Waals surface area contributed by atoms with E-state index in [0.717, 1.165) is 42.0 Å². The number of hydrogen-bond acceptors (Lipinski definition) is 4. The highest BCUT2D eigenvalue weighted by atomic mass is 16.5. The molecule has 19 heavy (non-hydrogen) atoms. The molecule has 0 radical (unpaired) electrons. The lowest BCUT2D eigenvalue weighted by Gasteiger charge is -2.12. The van der Waals surface area contributed by atoms with E-state index in [2.05, 4.69) is 10.2 Å². The van der Waals surface area contributed by atoms with Gasteiger partial charge in [-0.25, -0.2) is 0 Å². The van der Waals surface area contributed by atoms with E-state index in [1.807, 2.05) is 24.3 Å². The van der Waals surface area contributed by atoms with Crippen molar-refractivity contribution in [1.29, 1.82) is 0 Å². The summed E-state index contributed by atoms with van der Waals surface area (Å²) in [5, 5.41) is 7.14. The number of nitrogens with zero attached hydrogens (tertiary/aromatic N) is 1. The Morgan fingerprint density at radius 2 is 2.26 bits per heavy atom. The Balaban J connectivity index is 2.11. The largest absolute Gasteiger partial charge is 0.496 e. The minimum Gasteiger partial charge on any atom is -0.496 e. The van der Waals surface area contributed by atoms with E-state index in [4.69, 9.17) is 15.2 Å². The van der Waals surface area contributed by atoms with E-state index in [0.29, 0.717) is 5.82 Å². The smallest absolute Gasteiger partial charge is 0.153 e. The van der Waals surface area contributed by atoms with Crippen molar-refractivity contribution >= 4 is 5.82 Å². The molecular formula is C14H17N3O2. The number of methoxy groups -OCH3 is 1. The van der Waals surface area contributed by atoms with Crippen molar-refractivity contribution in [2.75, 3.05) is 19.5 Å². The third-order valence-electron chi connectivity index (χ3n) is 3.45. The van der Waals surface area contributed by atoms with Gasteiger partial charge in [-0.2, -0.15) is 5.10 Å². The van der Waals surface area contributed by atoms with E-state index < -0.39 is 0 Å². The number of rotatable bonds is 3. The van der Waals surface area contributed by atoms with Crippen LogP contribution in [0, 0.1) is 0 Å². The van der Waals surface area contributed by atoms with Crippen LogP contribution in [0.1, 0.15) is 24.6 Å². The standard InChI is InChI=1S/C14H17N3O2/c1-18-10-6-3-2-5-9(10)12-13(16-17-14(12)15)11-7-4-8-19-11/h2-3,5-6,11H,4,7-8H2,1H3,(H3,15,16,17). The number of para-hydroxylation sites is 1. The van der Waals surface area contributed by atoms with Gasteiger partial charge in [0.15, 0.2) is 5.82 Å². The summed E-state index contributed by atoms with van der Waals surface area (Å²) in [4.78, 5) is 0. The van der Waals surface area contributed by atoms with Gasteiger partial charge < -0.3 is 15.2 Å². The summed E-state index contributed by atoms with van der Waals surface area (Å²) < 4.78 is 11.1. The molecule has 0 spiro atoms. The molecule has 1 aliphatic rings. The molecule has 1 unspecified atom stereocenters. The Morgan fingerprint density at radius 3 is 3.00 bits per heavy atom. The van der Waals surface area contributed by atoms with Crippen molar-refractivity contribution < 1.29 is 9.47 Å². The molecular weight excluding hydrogens is 242 g/mol. The Kier molecular flexibility index (Phi) is 3.13. The predicted octanol–water partition coefficient (Wildman–Crippen LogP) is 2.52. The number of benzene rings is 1. The maximum atomic E-state index is 6.01. The Bertz CT molecular complexity index is 574. The number of hydrogen-bond donors (Lipinski definition) is 2. The van der Waals surface area contributed by atoms with Gasteiger partial charge in [0.1, 0.15) is 5.75 Å². The minimum absolute atomic E-state index is 0.0460. The fourth-order valence-electron chi connectivity index (χ4n) is 2.54. The molecule has 5 heteroatoms. The third-order valence-corrected chi connectivity index (χ3v) is 3.45. The van der Waals surface area contributed by atoms with Gasteiger partial charge >= 0.3 is 0 Å². The number of aromatic amines is 1. The second-order valence-corrected chi connectivity index (χ2v) is 4.60. The monoisotopic (exact) mass is 259 g/mol. The number of nitrogen functional groups attached to an aromatic ring is 1. The van der Waals surface area contributed by atoms with Crippen molar-refractivity contribution in [2.24, 2.45) is 0 Å².